The zero-order valence-electron chi connectivity index (χ0n) is 10.8. The molecule has 2 rings (SSSR count). The van der Waals surface area contributed by atoms with Crippen LogP contribution in [0, 0.1) is 0 Å². The summed E-state index contributed by atoms with van der Waals surface area (Å²) in [5, 5.41) is 3.37. The number of hydrogen-bond donors (Lipinski definition) is 1. The Hall–Kier alpha value is -1.06. The Balaban J connectivity index is 2.28. The summed E-state index contributed by atoms with van der Waals surface area (Å²) >= 11 is 0. The molecule has 3 nitrogen and oxygen atoms in total. The van der Waals surface area contributed by atoms with E-state index in [2.05, 4.69) is 24.4 Å². The highest BCUT2D eigenvalue weighted by molar-refractivity contribution is 5.39. The summed E-state index contributed by atoms with van der Waals surface area (Å²) in [6, 6.07) is 6.62. The molecular weight excluding hydrogens is 214 g/mol. The average molecular weight is 235 g/mol. The van der Waals surface area contributed by atoms with E-state index in [9.17, 15) is 0 Å². The Bertz CT molecular complexity index is 378. The van der Waals surface area contributed by atoms with Crippen LogP contribution in [0.5, 0.6) is 5.75 Å². The molecule has 0 saturated heterocycles. The maximum Gasteiger partial charge on any atom is 0.119 e. The molecule has 0 aromatic heterocycles. The van der Waals surface area contributed by atoms with Crippen LogP contribution < -0.4 is 10.1 Å². The molecule has 1 N–H and O–H groups in total. The van der Waals surface area contributed by atoms with Gasteiger partial charge in [0.15, 0.2) is 0 Å². The van der Waals surface area contributed by atoms with Gasteiger partial charge in [0, 0.05) is 6.61 Å². The first-order valence-electron chi connectivity index (χ1n) is 6.25. The quantitative estimate of drug-likeness (QED) is 0.868. The van der Waals surface area contributed by atoms with Crippen LogP contribution in [-0.4, -0.2) is 26.9 Å². The average Bonchev–Trinajstić information content (AvgIpc) is 2.38. The zero-order valence-corrected chi connectivity index (χ0v) is 10.8. The molecule has 0 bridgehead atoms. The van der Waals surface area contributed by atoms with E-state index >= 15 is 0 Å². The molecule has 1 aromatic carbocycles. The fraction of sp³-hybridized carbons (Fsp3) is 0.571. The molecule has 0 radical (unpaired) electrons. The lowest BCUT2D eigenvalue weighted by Gasteiger charge is -2.33. The molecular formula is C14H21NO2. The van der Waals surface area contributed by atoms with Crippen LogP contribution in [-0.2, 0) is 11.2 Å². The number of benzene rings is 1. The van der Waals surface area contributed by atoms with E-state index in [-0.39, 0.29) is 6.10 Å². The van der Waals surface area contributed by atoms with E-state index in [1.165, 1.54) is 11.1 Å². The van der Waals surface area contributed by atoms with Crippen molar-refractivity contribution in [3.8, 4) is 5.75 Å². The third-order valence-electron chi connectivity index (χ3n) is 3.45. The number of aryl methyl sites for hydroxylation is 1. The molecule has 2 atom stereocenters. The van der Waals surface area contributed by atoms with Gasteiger partial charge in [-0.1, -0.05) is 6.07 Å². The van der Waals surface area contributed by atoms with Crippen molar-refractivity contribution in [2.45, 2.75) is 31.9 Å². The predicted octanol–water partition coefficient (Wildman–Crippen LogP) is 2.31. The summed E-state index contributed by atoms with van der Waals surface area (Å²) in [7, 11) is 3.71. The van der Waals surface area contributed by atoms with Crippen molar-refractivity contribution < 1.29 is 9.47 Å². The van der Waals surface area contributed by atoms with Crippen LogP contribution >= 0.6 is 0 Å². The number of likely N-dealkylation sites (N-methyl/N-ethyl adjacent to an activating group) is 1. The predicted molar refractivity (Wildman–Crippen MR) is 68.5 cm³/mol. The molecule has 94 valence electrons. The van der Waals surface area contributed by atoms with Crippen molar-refractivity contribution in [1.29, 1.82) is 0 Å². The number of methoxy groups -OCH3 is 1. The second-order valence-electron chi connectivity index (χ2n) is 4.36. The van der Waals surface area contributed by atoms with E-state index < -0.39 is 0 Å². The minimum Gasteiger partial charge on any atom is -0.497 e. The van der Waals surface area contributed by atoms with Gasteiger partial charge in [0.25, 0.3) is 0 Å². The summed E-state index contributed by atoms with van der Waals surface area (Å²) < 4.78 is 11.1. The molecule has 0 fully saturated rings. The highest BCUT2D eigenvalue weighted by atomic mass is 16.5. The number of hydrogen-bond acceptors (Lipinski definition) is 3. The van der Waals surface area contributed by atoms with Crippen molar-refractivity contribution in [1.82, 2.24) is 5.32 Å². The van der Waals surface area contributed by atoms with E-state index in [1.54, 1.807) is 7.11 Å². The first kappa shape index (κ1) is 12.4. The molecule has 1 aliphatic carbocycles. The van der Waals surface area contributed by atoms with E-state index in [0.717, 1.165) is 25.2 Å². The molecule has 0 aliphatic heterocycles. The monoisotopic (exact) mass is 235 g/mol. The van der Waals surface area contributed by atoms with Crippen LogP contribution in [0.3, 0.4) is 0 Å². The van der Waals surface area contributed by atoms with Gasteiger partial charge in [0.1, 0.15) is 5.75 Å². The van der Waals surface area contributed by atoms with Gasteiger partial charge in [0.05, 0.1) is 19.3 Å². The summed E-state index contributed by atoms with van der Waals surface area (Å²) in [4.78, 5) is 0. The number of rotatable bonds is 4. The van der Waals surface area contributed by atoms with Crippen LogP contribution in [0.4, 0.5) is 0 Å². The molecule has 17 heavy (non-hydrogen) atoms. The fourth-order valence-corrected chi connectivity index (χ4v) is 2.63. The lowest BCUT2D eigenvalue weighted by molar-refractivity contribution is 0.0253. The molecule has 0 spiro atoms. The third kappa shape index (κ3) is 2.45. The Labute approximate surface area is 103 Å². The van der Waals surface area contributed by atoms with Gasteiger partial charge in [0.2, 0.25) is 0 Å². The number of ether oxygens (including phenoxy) is 2. The van der Waals surface area contributed by atoms with Crippen LogP contribution in [0.25, 0.3) is 0 Å². The summed E-state index contributed by atoms with van der Waals surface area (Å²) in [6.07, 6.45) is 2.42. The van der Waals surface area contributed by atoms with Crippen LogP contribution in [0.1, 0.15) is 30.5 Å². The third-order valence-corrected chi connectivity index (χ3v) is 3.45. The van der Waals surface area contributed by atoms with Crippen LogP contribution in [0.15, 0.2) is 18.2 Å². The lowest BCUT2D eigenvalue weighted by Crippen LogP contribution is -2.36. The summed E-state index contributed by atoms with van der Waals surface area (Å²) in [6.45, 7) is 2.82. The van der Waals surface area contributed by atoms with E-state index in [1.807, 2.05) is 13.1 Å². The zero-order chi connectivity index (χ0) is 12.3. The largest absolute Gasteiger partial charge is 0.497 e. The van der Waals surface area contributed by atoms with E-state index in [4.69, 9.17) is 9.47 Å². The van der Waals surface area contributed by atoms with Gasteiger partial charge in [-0.2, -0.15) is 0 Å². The normalized spacial score (nSPS) is 23.2. The van der Waals surface area contributed by atoms with Crippen LogP contribution in [0.2, 0.25) is 0 Å². The van der Waals surface area contributed by atoms with Gasteiger partial charge < -0.3 is 14.8 Å². The molecule has 1 aromatic rings. The van der Waals surface area contributed by atoms with Crippen molar-refractivity contribution in [2.75, 3.05) is 20.8 Å². The highest BCUT2D eigenvalue weighted by Gasteiger charge is 2.28. The second kappa shape index (κ2) is 5.52. The van der Waals surface area contributed by atoms with Gasteiger partial charge in [-0.25, -0.2) is 0 Å². The number of fused-ring (bicyclic) bond motifs is 1. The lowest BCUT2D eigenvalue weighted by atomic mass is 9.85. The molecule has 1 aliphatic rings. The maximum atomic E-state index is 5.81. The van der Waals surface area contributed by atoms with Crippen molar-refractivity contribution in [3.05, 3.63) is 29.3 Å². The Kier molecular flexibility index (Phi) is 4.02. The fourth-order valence-electron chi connectivity index (χ4n) is 2.63. The maximum absolute atomic E-state index is 5.81. The van der Waals surface area contributed by atoms with Crippen molar-refractivity contribution in [3.63, 3.8) is 0 Å². The SMILES string of the molecule is CCOC1CCc2cc(OC)ccc2C1NC. The summed E-state index contributed by atoms with van der Waals surface area (Å²) in [5.41, 5.74) is 2.72. The minimum atomic E-state index is 0.283. The van der Waals surface area contributed by atoms with E-state index in [0.29, 0.717) is 6.04 Å². The topological polar surface area (TPSA) is 30.5 Å². The van der Waals surface area contributed by atoms with Gasteiger partial charge >= 0.3 is 0 Å². The Morgan fingerprint density at radius 2 is 2.24 bits per heavy atom. The molecule has 0 saturated carbocycles. The second-order valence-corrected chi connectivity index (χ2v) is 4.36. The first-order valence-corrected chi connectivity index (χ1v) is 6.25. The standard InChI is InChI=1S/C14H21NO2/c1-4-17-13-8-5-10-9-11(16-3)6-7-12(10)14(13)15-2/h6-7,9,13-15H,4-5,8H2,1-3H3. The minimum absolute atomic E-state index is 0.283. The Morgan fingerprint density at radius 1 is 1.41 bits per heavy atom. The summed E-state index contributed by atoms with van der Waals surface area (Å²) in [5.74, 6) is 0.938. The molecule has 0 amide bonds. The van der Waals surface area contributed by atoms with Crippen molar-refractivity contribution >= 4 is 0 Å². The van der Waals surface area contributed by atoms with Gasteiger partial charge in [-0.3, -0.25) is 0 Å². The van der Waals surface area contributed by atoms with Gasteiger partial charge in [-0.15, -0.1) is 0 Å². The molecule has 2 unspecified atom stereocenters. The first-order chi connectivity index (χ1) is 8.30. The number of nitrogens with one attached hydrogen (secondary N) is 1. The van der Waals surface area contributed by atoms with Gasteiger partial charge in [-0.05, 0) is 50.1 Å². The smallest absolute Gasteiger partial charge is 0.119 e. The van der Waals surface area contributed by atoms with Crippen molar-refractivity contribution in [2.24, 2.45) is 0 Å². The highest BCUT2D eigenvalue weighted by Crippen LogP contribution is 2.33. The molecule has 3 heteroatoms. The Morgan fingerprint density at radius 3 is 2.88 bits per heavy atom. The molecule has 0 heterocycles.